The number of furan rings is 1. The van der Waals surface area contributed by atoms with E-state index in [0.717, 1.165) is 0 Å². The van der Waals surface area contributed by atoms with Crippen LogP contribution in [0.25, 0.3) is 10.9 Å². The molecule has 0 bridgehead atoms. The lowest BCUT2D eigenvalue weighted by Crippen LogP contribution is -2.48. The molecular weight excluding hydrogens is 395 g/mol. The molecule has 0 spiro atoms. The molecule has 148 valence electrons. The number of fused-ring (bicyclic) bond motifs is 1. The zero-order valence-corrected chi connectivity index (χ0v) is 15.5. The Balaban J connectivity index is 1.61. The van der Waals surface area contributed by atoms with Crippen molar-refractivity contribution in [3.63, 3.8) is 0 Å². The Labute approximate surface area is 163 Å². The number of benzene rings is 1. The molecule has 1 aromatic carbocycles. The van der Waals surface area contributed by atoms with Crippen LogP contribution in [0.2, 0.25) is 5.28 Å². The molecule has 1 N–H and O–H groups in total. The molecule has 28 heavy (non-hydrogen) atoms. The van der Waals surface area contributed by atoms with Crippen molar-refractivity contribution in [3.05, 3.63) is 47.6 Å². The Morgan fingerprint density at radius 3 is 2.64 bits per heavy atom. The minimum absolute atomic E-state index is 0.0281. The van der Waals surface area contributed by atoms with Gasteiger partial charge in [-0.05, 0) is 48.7 Å². The van der Waals surface area contributed by atoms with Gasteiger partial charge in [0.1, 0.15) is 29.5 Å². The van der Waals surface area contributed by atoms with Gasteiger partial charge >= 0.3 is 6.18 Å². The molecule has 1 aliphatic carbocycles. The van der Waals surface area contributed by atoms with Crippen LogP contribution < -0.4 is 10.1 Å². The van der Waals surface area contributed by atoms with E-state index in [4.69, 9.17) is 20.8 Å². The SMILES string of the molecule is FC(F)(F)C1(COc2cccc3c(NCc4ccco4)nc(Cl)nc23)CCC1. The van der Waals surface area contributed by atoms with Crippen molar-refractivity contribution in [2.24, 2.45) is 5.41 Å². The Morgan fingerprint density at radius 2 is 2.00 bits per heavy atom. The van der Waals surface area contributed by atoms with Crippen LogP contribution in [0, 0.1) is 5.41 Å². The summed E-state index contributed by atoms with van der Waals surface area (Å²) in [6.07, 6.45) is -2.03. The first kappa shape index (κ1) is 18.9. The van der Waals surface area contributed by atoms with Gasteiger partial charge < -0.3 is 14.5 Å². The van der Waals surface area contributed by atoms with Gasteiger partial charge in [-0.15, -0.1) is 0 Å². The first-order valence-electron chi connectivity index (χ1n) is 8.80. The molecule has 2 aromatic heterocycles. The summed E-state index contributed by atoms with van der Waals surface area (Å²) in [6.45, 7) is -0.0654. The first-order valence-corrected chi connectivity index (χ1v) is 9.18. The van der Waals surface area contributed by atoms with Gasteiger partial charge in [-0.3, -0.25) is 0 Å². The number of alkyl halides is 3. The average molecular weight is 412 g/mol. The standard InChI is InChI=1S/C19H17ClF3N3O2/c20-17-25-15-13(16(26-17)24-10-12-4-2-9-27-12)5-1-6-14(15)28-11-18(7-3-8-18)19(21,22)23/h1-2,4-6,9H,3,7-8,10-11H2,(H,24,25,26). The Hall–Kier alpha value is -2.48. The highest BCUT2D eigenvalue weighted by atomic mass is 35.5. The van der Waals surface area contributed by atoms with Crippen LogP contribution in [0.3, 0.4) is 0 Å². The van der Waals surface area contributed by atoms with Gasteiger partial charge in [0.2, 0.25) is 5.28 Å². The molecule has 4 rings (SSSR count). The van der Waals surface area contributed by atoms with Crippen molar-refractivity contribution in [1.82, 2.24) is 9.97 Å². The predicted molar refractivity (Wildman–Crippen MR) is 98.4 cm³/mol. The lowest BCUT2D eigenvalue weighted by Gasteiger charge is -2.42. The van der Waals surface area contributed by atoms with Crippen molar-refractivity contribution in [1.29, 1.82) is 0 Å². The van der Waals surface area contributed by atoms with Gasteiger partial charge in [0.05, 0.1) is 18.2 Å². The van der Waals surface area contributed by atoms with E-state index in [9.17, 15) is 13.2 Å². The molecule has 3 aromatic rings. The molecule has 5 nitrogen and oxygen atoms in total. The molecule has 0 amide bonds. The monoisotopic (exact) mass is 411 g/mol. The summed E-state index contributed by atoms with van der Waals surface area (Å²) in [5.74, 6) is 1.40. The summed E-state index contributed by atoms with van der Waals surface area (Å²) in [6, 6.07) is 8.61. The first-order chi connectivity index (χ1) is 13.4. The van der Waals surface area contributed by atoms with Crippen LogP contribution in [0.1, 0.15) is 25.0 Å². The number of nitrogens with one attached hydrogen (secondary N) is 1. The van der Waals surface area contributed by atoms with E-state index in [-0.39, 0.29) is 23.9 Å². The molecule has 0 unspecified atom stereocenters. The number of anilines is 1. The van der Waals surface area contributed by atoms with Gasteiger partial charge in [-0.2, -0.15) is 13.2 Å². The number of rotatable bonds is 6. The summed E-state index contributed by atoms with van der Waals surface area (Å²) in [5, 5.41) is 3.68. The molecule has 1 fully saturated rings. The highest BCUT2D eigenvalue weighted by Gasteiger charge is 2.58. The van der Waals surface area contributed by atoms with Crippen molar-refractivity contribution < 1.29 is 22.3 Å². The van der Waals surface area contributed by atoms with E-state index < -0.39 is 18.2 Å². The molecule has 0 radical (unpaired) electrons. The fourth-order valence-electron chi connectivity index (χ4n) is 3.26. The number of hydrogen-bond acceptors (Lipinski definition) is 5. The third-order valence-electron chi connectivity index (χ3n) is 5.09. The zero-order chi connectivity index (χ0) is 19.8. The molecule has 9 heteroatoms. The second-order valence-corrected chi connectivity index (χ2v) is 7.18. The van der Waals surface area contributed by atoms with E-state index in [1.54, 1.807) is 30.5 Å². The molecule has 0 atom stereocenters. The average Bonchev–Trinajstić information content (AvgIpc) is 3.11. The maximum atomic E-state index is 13.4. The Morgan fingerprint density at radius 1 is 1.18 bits per heavy atom. The van der Waals surface area contributed by atoms with Crippen molar-refractivity contribution in [2.75, 3.05) is 11.9 Å². The van der Waals surface area contributed by atoms with E-state index in [0.29, 0.717) is 35.4 Å². The summed E-state index contributed by atoms with van der Waals surface area (Å²) in [4.78, 5) is 8.36. The minimum Gasteiger partial charge on any atom is -0.490 e. The number of aromatic nitrogens is 2. The van der Waals surface area contributed by atoms with Gasteiger partial charge in [0.25, 0.3) is 0 Å². The van der Waals surface area contributed by atoms with E-state index >= 15 is 0 Å². The molecular formula is C19H17ClF3N3O2. The van der Waals surface area contributed by atoms with Gasteiger partial charge in [-0.1, -0.05) is 12.5 Å². The molecule has 2 heterocycles. The number of ether oxygens (including phenoxy) is 1. The number of nitrogens with zero attached hydrogens (tertiary/aromatic N) is 2. The normalized spacial score (nSPS) is 16.0. The fraction of sp³-hybridized carbons (Fsp3) is 0.368. The molecule has 1 saturated carbocycles. The third kappa shape index (κ3) is 3.48. The molecule has 0 aliphatic heterocycles. The maximum absolute atomic E-state index is 13.4. The van der Waals surface area contributed by atoms with Crippen molar-refractivity contribution in [3.8, 4) is 5.75 Å². The fourth-order valence-corrected chi connectivity index (χ4v) is 3.43. The molecule has 1 aliphatic rings. The quantitative estimate of drug-likeness (QED) is 0.535. The second kappa shape index (κ2) is 7.16. The summed E-state index contributed by atoms with van der Waals surface area (Å²) < 4.78 is 51.0. The maximum Gasteiger partial charge on any atom is 0.397 e. The number of para-hydroxylation sites is 1. The van der Waals surface area contributed by atoms with Gasteiger partial charge in [0.15, 0.2) is 0 Å². The van der Waals surface area contributed by atoms with E-state index in [1.807, 2.05) is 6.07 Å². The third-order valence-corrected chi connectivity index (χ3v) is 5.26. The molecule has 0 saturated heterocycles. The van der Waals surface area contributed by atoms with Crippen molar-refractivity contribution >= 4 is 28.3 Å². The van der Waals surface area contributed by atoms with Crippen LogP contribution in [-0.2, 0) is 6.54 Å². The Bertz CT molecular complexity index is 972. The Kier molecular flexibility index (Phi) is 4.82. The van der Waals surface area contributed by atoms with Crippen LogP contribution in [0.4, 0.5) is 19.0 Å². The minimum atomic E-state index is -4.29. The predicted octanol–water partition coefficient (Wildman–Crippen LogP) is 5.60. The summed E-state index contributed by atoms with van der Waals surface area (Å²) >= 11 is 6.04. The number of hydrogen-bond donors (Lipinski definition) is 1. The largest absolute Gasteiger partial charge is 0.490 e. The van der Waals surface area contributed by atoms with Crippen molar-refractivity contribution in [2.45, 2.75) is 32.0 Å². The van der Waals surface area contributed by atoms with Crippen LogP contribution in [0.5, 0.6) is 5.75 Å². The number of halogens is 4. The lowest BCUT2D eigenvalue weighted by molar-refractivity contribution is -0.259. The topological polar surface area (TPSA) is 60.2 Å². The van der Waals surface area contributed by atoms with E-state index in [1.165, 1.54) is 0 Å². The summed E-state index contributed by atoms with van der Waals surface area (Å²) in [5.41, 5.74) is -1.42. The van der Waals surface area contributed by atoms with Crippen LogP contribution >= 0.6 is 11.6 Å². The zero-order valence-electron chi connectivity index (χ0n) is 14.7. The second-order valence-electron chi connectivity index (χ2n) is 6.85. The van der Waals surface area contributed by atoms with Crippen LogP contribution in [-0.4, -0.2) is 22.8 Å². The summed E-state index contributed by atoms with van der Waals surface area (Å²) in [7, 11) is 0. The van der Waals surface area contributed by atoms with Crippen LogP contribution in [0.15, 0.2) is 41.0 Å². The smallest absolute Gasteiger partial charge is 0.397 e. The highest BCUT2D eigenvalue weighted by molar-refractivity contribution is 6.29. The van der Waals surface area contributed by atoms with Gasteiger partial charge in [0, 0.05) is 5.39 Å². The van der Waals surface area contributed by atoms with E-state index in [2.05, 4.69) is 15.3 Å². The lowest BCUT2D eigenvalue weighted by atomic mass is 9.69. The van der Waals surface area contributed by atoms with Gasteiger partial charge in [-0.25, -0.2) is 9.97 Å². The highest BCUT2D eigenvalue weighted by Crippen LogP contribution is 2.53.